The van der Waals surface area contributed by atoms with Crippen molar-refractivity contribution in [3.05, 3.63) is 57.9 Å². The minimum atomic E-state index is -0.461. The van der Waals surface area contributed by atoms with Gasteiger partial charge in [0.15, 0.2) is 0 Å². The number of carbonyl (C=O) groups excluding carboxylic acids is 1. The van der Waals surface area contributed by atoms with E-state index in [0.29, 0.717) is 37.6 Å². The molecule has 1 amide bonds. The van der Waals surface area contributed by atoms with E-state index in [1.54, 1.807) is 18.2 Å². The first-order valence-corrected chi connectivity index (χ1v) is 9.73. The molecular formula is C21H25FN4O4. The maximum Gasteiger partial charge on any atom is 0.293 e. The number of carbonyl (C=O) groups is 1. The zero-order valence-electron chi connectivity index (χ0n) is 17.2. The molecule has 0 saturated carbocycles. The van der Waals surface area contributed by atoms with Crippen LogP contribution in [0, 0.1) is 15.9 Å². The molecule has 3 rings (SSSR count). The molecule has 1 fully saturated rings. The predicted molar refractivity (Wildman–Crippen MR) is 113 cm³/mol. The number of hydrogen-bond acceptors (Lipinski definition) is 6. The van der Waals surface area contributed by atoms with Crippen LogP contribution in [0.15, 0.2) is 36.4 Å². The number of nitrogens with one attached hydrogen (secondary N) is 1. The predicted octanol–water partition coefficient (Wildman–Crippen LogP) is 3.21. The number of nitro benzene ring substituents is 1. The number of halogens is 1. The number of hydrogen-bond donors (Lipinski definition) is 1. The lowest BCUT2D eigenvalue weighted by molar-refractivity contribution is -0.384. The fourth-order valence-electron chi connectivity index (χ4n) is 3.52. The van der Waals surface area contributed by atoms with Gasteiger partial charge < -0.3 is 19.9 Å². The number of amides is 1. The molecule has 1 aliphatic rings. The van der Waals surface area contributed by atoms with Crippen molar-refractivity contribution in [1.29, 1.82) is 0 Å². The van der Waals surface area contributed by atoms with Crippen molar-refractivity contribution in [2.75, 3.05) is 43.1 Å². The maximum absolute atomic E-state index is 13.5. The largest absolute Gasteiger partial charge is 0.494 e. The van der Waals surface area contributed by atoms with E-state index < -0.39 is 4.92 Å². The van der Waals surface area contributed by atoms with E-state index in [9.17, 15) is 19.3 Å². The number of benzene rings is 2. The quantitative estimate of drug-likeness (QED) is 0.575. The number of rotatable bonds is 6. The Morgan fingerprint density at radius 1 is 1.10 bits per heavy atom. The van der Waals surface area contributed by atoms with Gasteiger partial charge in [-0.2, -0.15) is 0 Å². The van der Waals surface area contributed by atoms with E-state index >= 15 is 0 Å². The van der Waals surface area contributed by atoms with E-state index in [2.05, 4.69) is 10.2 Å². The van der Waals surface area contributed by atoms with E-state index in [1.165, 1.54) is 25.3 Å². The molecule has 0 aliphatic carbocycles. The summed E-state index contributed by atoms with van der Waals surface area (Å²) in [7, 11) is 1.49. The molecule has 1 aliphatic heterocycles. The van der Waals surface area contributed by atoms with E-state index in [-0.39, 0.29) is 29.0 Å². The Bertz CT molecular complexity index is 943. The van der Waals surface area contributed by atoms with Crippen LogP contribution in [-0.2, 0) is 0 Å². The van der Waals surface area contributed by atoms with Crippen LogP contribution in [0.1, 0.15) is 24.2 Å². The van der Waals surface area contributed by atoms with Crippen molar-refractivity contribution in [3.8, 4) is 5.75 Å². The van der Waals surface area contributed by atoms with Crippen molar-refractivity contribution >= 4 is 23.0 Å². The topological polar surface area (TPSA) is 88.0 Å². The van der Waals surface area contributed by atoms with Gasteiger partial charge in [-0.1, -0.05) is 0 Å². The highest BCUT2D eigenvalue weighted by Gasteiger charge is 2.26. The maximum atomic E-state index is 13.5. The van der Waals surface area contributed by atoms with Gasteiger partial charge in [0.2, 0.25) is 0 Å². The van der Waals surface area contributed by atoms with Crippen LogP contribution in [0.25, 0.3) is 0 Å². The van der Waals surface area contributed by atoms with Crippen LogP contribution in [0.5, 0.6) is 5.75 Å². The average molecular weight is 416 g/mol. The Hall–Kier alpha value is -3.36. The second-order valence-electron chi connectivity index (χ2n) is 7.38. The lowest BCUT2D eigenvalue weighted by atomic mass is 10.1. The number of nitrogens with zero attached hydrogens (tertiary/aromatic N) is 3. The Morgan fingerprint density at radius 3 is 2.27 bits per heavy atom. The molecule has 2 aromatic carbocycles. The Kier molecular flexibility index (Phi) is 6.39. The molecule has 0 atom stereocenters. The third kappa shape index (κ3) is 4.61. The number of methoxy groups -OCH3 is 1. The SMILES string of the molecule is COc1cc(F)ccc1N1CCN(c2ccc(C(=O)NC(C)C)cc2[N+](=O)[O-])CC1. The van der Waals surface area contributed by atoms with Crippen molar-refractivity contribution in [1.82, 2.24) is 5.32 Å². The third-order valence-corrected chi connectivity index (χ3v) is 4.96. The molecule has 9 heteroatoms. The minimum absolute atomic E-state index is 0.0623. The molecule has 0 spiro atoms. The molecular weight excluding hydrogens is 391 g/mol. The first-order chi connectivity index (χ1) is 14.3. The van der Waals surface area contributed by atoms with Crippen LogP contribution in [-0.4, -0.2) is 50.2 Å². The van der Waals surface area contributed by atoms with Crippen LogP contribution in [0.2, 0.25) is 0 Å². The molecule has 2 aromatic rings. The number of piperazine rings is 1. The summed E-state index contributed by atoms with van der Waals surface area (Å²) in [4.78, 5) is 27.4. The van der Waals surface area contributed by atoms with Gasteiger partial charge in [0.1, 0.15) is 17.3 Å². The van der Waals surface area contributed by atoms with Gasteiger partial charge >= 0.3 is 0 Å². The van der Waals surface area contributed by atoms with Crippen molar-refractivity contribution < 1.29 is 18.8 Å². The summed E-state index contributed by atoms with van der Waals surface area (Å²) in [6, 6.07) is 8.89. The van der Waals surface area contributed by atoms with Crippen LogP contribution in [0.4, 0.5) is 21.5 Å². The normalized spacial score (nSPS) is 14.0. The zero-order chi connectivity index (χ0) is 21.8. The van der Waals surface area contributed by atoms with Crippen molar-refractivity contribution in [3.63, 3.8) is 0 Å². The summed E-state index contributed by atoms with van der Waals surface area (Å²) in [5, 5.41) is 14.4. The molecule has 1 N–H and O–H groups in total. The summed E-state index contributed by atoms with van der Waals surface area (Å²) in [5.41, 5.74) is 1.42. The number of nitro groups is 1. The second-order valence-corrected chi connectivity index (χ2v) is 7.38. The fourth-order valence-corrected chi connectivity index (χ4v) is 3.52. The lowest BCUT2D eigenvalue weighted by Crippen LogP contribution is -2.46. The minimum Gasteiger partial charge on any atom is -0.494 e. The van der Waals surface area contributed by atoms with Gasteiger partial charge in [-0.15, -0.1) is 0 Å². The molecule has 1 saturated heterocycles. The highest BCUT2D eigenvalue weighted by Crippen LogP contribution is 2.33. The van der Waals surface area contributed by atoms with Gasteiger partial charge in [0.05, 0.1) is 17.7 Å². The Balaban J connectivity index is 1.78. The Morgan fingerprint density at radius 2 is 1.70 bits per heavy atom. The molecule has 1 heterocycles. The average Bonchev–Trinajstić information content (AvgIpc) is 2.72. The van der Waals surface area contributed by atoms with Gasteiger partial charge in [-0.05, 0) is 38.1 Å². The first kappa shape index (κ1) is 21.4. The van der Waals surface area contributed by atoms with E-state index in [0.717, 1.165) is 5.69 Å². The van der Waals surface area contributed by atoms with E-state index in [4.69, 9.17) is 4.74 Å². The van der Waals surface area contributed by atoms with Crippen molar-refractivity contribution in [2.24, 2.45) is 0 Å². The molecule has 0 aromatic heterocycles. The van der Waals surface area contributed by atoms with Crippen LogP contribution < -0.4 is 19.9 Å². The van der Waals surface area contributed by atoms with Gasteiger partial charge in [-0.25, -0.2) is 4.39 Å². The highest BCUT2D eigenvalue weighted by atomic mass is 19.1. The molecule has 0 bridgehead atoms. The van der Waals surface area contributed by atoms with E-state index in [1.807, 2.05) is 18.7 Å². The second kappa shape index (κ2) is 8.98. The summed E-state index contributed by atoms with van der Waals surface area (Å²) in [5.74, 6) is -0.255. The summed E-state index contributed by atoms with van der Waals surface area (Å²) in [6.45, 7) is 5.92. The highest BCUT2D eigenvalue weighted by molar-refractivity contribution is 5.96. The molecule has 0 unspecified atom stereocenters. The van der Waals surface area contributed by atoms with Gasteiger partial charge in [0.25, 0.3) is 11.6 Å². The number of ether oxygens (including phenoxy) is 1. The Labute approximate surface area is 174 Å². The van der Waals surface area contributed by atoms with Crippen molar-refractivity contribution in [2.45, 2.75) is 19.9 Å². The standard InChI is InChI=1S/C21H25FN4O4/c1-14(2)23-21(27)15-4-6-17(19(12-15)26(28)29)24-8-10-25(11-9-24)18-7-5-16(22)13-20(18)30-3/h4-7,12-14H,8-11H2,1-3H3,(H,23,27). The third-order valence-electron chi connectivity index (χ3n) is 4.96. The fraction of sp³-hybridized carbons (Fsp3) is 0.381. The molecule has 0 radical (unpaired) electrons. The van der Waals surface area contributed by atoms with Crippen LogP contribution >= 0.6 is 0 Å². The molecule has 30 heavy (non-hydrogen) atoms. The zero-order valence-corrected chi connectivity index (χ0v) is 17.2. The van der Waals surface area contributed by atoms with Gasteiger partial charge in [-0.3, -0.25) is 14.9 Å². The smallest absolute Gasteiger partial charge is 0.293 e. The van der Waals surface area contributed by atoms with Gasteiger partial charge in [0, 0.05) is 49.9 Å². The lowest BCUT2D eigenvalue weighted by Gasteiger charge is -2.37. The first-order valence-electron chi connectivity index (χ1n) is 9.73. The molecule has 8 nitrogen and oxygen atoms in total. The summed E-state index contributed by atoms with van der Waals surface area (Å²) < 4.78 is 18.7. The summed E-state index contributed by atoms with van der Waals surface area (Å²) in [6.07, 6.45) is 0. The molecule has 160 valence electrons. The van der Waals surface area contributed by atoms with Crippen LogP contribution in [0.3, 0.4) is 0 Å². The summed E-state index contributed by atoms with van der Waals surface area (Å²) >= 11 is 0. The monoisotopic (exact) mass is 416 g/mol. The number of anilines is 2.